The average Bonchev–Trinajstić information content (AvgIpc) is 2.54. The second-order valence-electron chi connectivity index (χ2n) is 2.81. The molecule has 62 valence electrons. The third-order valence-corrected chi connectivity index (χ3v) is 2.92. The van der Waals surface area contributed by atoms with Gasteiger partial charge in [-0.3, -0.25) is 9.98 Å². The first-order chi connectivity index (χ1) is 5.86. The predicted molar refractivity (Wildman–Crippen MR) is 52.7 cm³/mol. The molecule has 0 fully saturated rings. The van der Waals surface area contributed by atoms with E-state index in [0.29, 0.717) is 6.04 Å². The molecule has 1 aliphatic rings. The summed E-state index contributed by atoms with van der Waals surface area (Å²) in [7, 11) is 0. The van der Waals surface area contributed by atoms with Gasteiger partial charge in [-0.1, -0.05) is 6.07 Å². The molecular weight excluding hydrogens is 168 g/mol. The van der Waals surface area contributed by atoms with Gasteiger partial charge in [-0.2, -0.15) is 0 Å². The molecule has 2 rings (SSSR count). The maximum atomic E-state index is 4.48. The lowest BCUT2D eigenvalue weighted by atomic mass is 10.3. The van der Waals surface area contributed by atoms with E-state index in [-0.39, 0.29) is 0 Å². The van der Waals surface area contributed by atoms with Crippen LogP contribution in [0.2, 0.25) is 0 Å². The van der Waals surface area contributed by atoms with Crippen LogP contribution in [0.4, 0.5) is 0 Å². The number of hydrogen-bond donors (Lipinski definition) is 0. The Hall–Kier alpha value is -0.830. The summed E-state index contributed by atoms with van der Waals surface area (Å²) in [6.45, 7) is 2.13. The molecule has 0 bridgehead atoms. The van der Waals surface area contributed by atoms with Crippen LogP contribution in [-0.4, -0.2) is 21.8 Å². The monoisotopic (exact) mass is 178 g/mol. The minimum atomic E-state index is 0.451. The Morgan fingerprint density at radius 2 is 2.42 bits per heavy atom. The second kappa shape index (κ2) is 3.27. The first-order valence-electron chi connectivity index (χ1n) is 3.98. The average molecular weight is 178 g/mol. The maximum Gasteiger partial charge on any atom is 0.117 e. The van der Waals surface area contributed by atoms with Gasteiger partial charge in [0.05, 0.1) is 11.7 Å². The Kier molecular flexibility index (Phi) is 2.13. The zero-order valence-corrected chi connectivity index (χ0v) is 7.71. The third-order valence-electron chi connectivity index (χ3n) is 1.68. The van der Waals surface area contributed by atoms with Crippen molar-refractivity contribution in [1.82, 2.24) is 4.98 Å². The summed E-state index contributed by atoms with van der Waals surface area (Å²) in [5.41, 5.74) is 1.01. The highest BCUT2D eigenvalue weighted by Gasteiger charge is 2.15. The molecule has 1 aromatic rings. The lowest BCUT2D eigenvalue weighted by molar-refractivity contribution is 0.865. The van der Waals surface area contributed by atoms with E-state index in [1.165, 1.54) is 0 Å². The van der Waals surface area contributed by atoms with Gasteiger partial charge in [0.1, 0.15) is 5.04 Å². The predicted octanol–water partition coefficient (Wildman–Crippen LogP) is 1.96. The molecule has 0 saturated carbocycles. The van der Waals surface area contributed by atoms with Gasteiger partial charge in [0.2, 0.25) is 0 Å². The SMILES string of the molecule is CC1CSC(c2ccccn2)=N1. The van der Waals surface area contributed by atoms with E-state index in [1.807, 2.05) is 18.2 Å². The van der Waals surface area contributed by atoms with Crippen molar-refractivity contribution in [2.45, 2.75) is 13.0 Å². The van der Waals surface area contributed by atoms with Crippen LogP contribution in [0.3, 0.4) is 0 Å². The Balaban J connectivity index is 2.27. The fraction of sp³-hybridized carbons (Fsp3) is 0.333. The molecule has 2 heterocycles. The van der Waals surface area contributed by atoms with Crippen LogP contribution >= 0.6 is 11.8 Å². The van der Waals surface area contributed by atoms with Gasteiger partial charge in [-0.05, 0) is 19.1 Å². The minimum Gasteiger partial charge on any atom is -0.272 e. The van der Waals surface area contributed by atoms with E-state index in [0.717, 1.165) is 16.5 Å². The van der Waals surface area contributed by atoms with Crippen molar-refractivity contribution in [2.75, 3.05) is 5.75 Å². The molecule has 0 amide bonds. The number of pyridine rings is 1. The molecule has 1 aliphatic heterocycles. The summed E-state index contributed by atoms with van der Waals surface area (Å²) < 4.78 is 0. The summed E-state index contributed by atoms with van der Waals surface area (Å²) in [6, 6.07) is 6.37. The van der Waals surface area contributed by atoms with Crippen LogP contribution in [0.1, 0.15) is 12.6 Å². The normalized spacial score (nSPS) is 22.4. The van der Waals surface area contributed by atoms with Crippen LogP contribution in [0.5, 0.6) is 0 Å². The summed E-state index contributed by atoms with van der Waals surface area (Å²) in [6.07, 6.45) is 1.81. The van der Waals surface area contributed by atoms with Gasteiger partial charge in [0.25, 0.3) is 0 Å². The molecule has 0 aliphatic carbocycles. The minimum absolute atomic E-state index is 0.451. The zero-order chi connectivity index (χ0) is 8.39. The number of nitrogens with zero attached hydrogens (tertiary/aromatic N) is 2. The summed E-state index contributed by atoms with van der Waals surface area (Å²) in [5, 5.41) is 1.09. The molecule has 2 nitrogen and oxygen atoms in total. The quantitative estimate of drug-likeness (QED) is 0.657. The van der Waals surface area contributed by atoms with Crippen LogP contribution < -0.4 is 0 Å². The number of aliphatic imine (C=N–C) groups is 1. The maximum absolute atomic E-state index is 4.48. The van der Waals surface area contributed by atoms with Gasteiger partial charge in [0, 0.05) is 11.9 Å². The topological polar surface area (TPSA) is 25.2 Å². The van der Waals surface area contributed by atoms with Gasteiger partial charge in [-0.15, -0.1) is 11.8 Å². The van der Waals surface area contributed by atoms with E-state index >= 15 is 0 Å². The van der Waals surface area contributed by atoms with Crippen molar-refractivity contribution >= 4 is 16.8 Å². The molecule has 3 heteroatoms. The van der Waals surface area contributed by atoms with Crippen molar-refractivity contribution in [3.8, 4) is 0 Å². The molecule has 0 aromatic carbocycles. The van der Waals surface area contributed by atoms with Crippen LogP contribution in [0.25, 0.3) is 0 Å². The Bertz CT molecular complexity index is 295. The van der Waals surface area contributed by atoms with Crippen LogP contribution in [0.15, 0.2) is 29.4 Å². The fourth-order valence-electron chi connectivity index (χ4n) is 1.10. The van der Waals surface area contributed by atoms with Crippen molar-refractivity contribution in [3.63, 3.8) is 0 Å². The van der Waals surface area contributed by atoms with E-state index in [1.54, 1.807) is 18.0 Å². The van der Waals surface area contributed by atoms with E-state index in [2.05, 4.69) is 16.9 Å². The molecule has 0 saturated heterocycles. The first kappa shape index (κ1) is 7.80. The molecule has 1 aromatic heterocycles. The van der Waals surface area contributed by atoms with E-state index in [4.69, 9.17) is 0 Å². The molecule has 0 radical (unpaired) electrons. The molecule has 0 spiro atoms. The summed E-state index contributed by atoms with van der Waals surface area (Å²) in [5.74, 6) is 1.09. The zero-order valence-electron chi connectivity index (χ0n) is 6.90. The highest BCUT2D eigenvalue weighted by atomic mass is 32.2. The lowest BCUT2D eigenvalue weighted by Gasteiger charge is -1.95. The van der Waals surface area contributed by atoms with Gasteiger partial charge in [-0.25, -0.2) is 0 Å². The second-order valence-corrected chi connectivity index (χ2v) is 3.82. The Morgan fingerprint density at radius 3 is 3.00 bits per heavy atom. The number of thioether (sulfide) groups is 1. The highest BCUT2D eigenvalue weighted by Crippen LogP contribution is 2.21. The van der Waals surface area contributed by atoms with Gasteiger partial charge < -0.3 is 0 Å². The van der Waals surface area contributed by atoms with E-state index < -0.39 is 0 Å². The number of rotatable bonds is 1. The Morgan fingerprint density at radius 1 is 1.50 bits per heavy atom. The number of aromatic nitrogens is 1. The fourth-order valence-corrected chi connectivity index (χ4v) is 2.10. The molecule has 1 atom stereocenters. The smallest absolute Gasteiger partial charge is 0.117 e. The van der Waals surface area contributed by atoms with Crippen molar-refractivity contribution < 1.29 is 0 Å². The van der Waals surface area contributed by atoms with Crippen molar-refractivity contribution in [1.29, 1.82) is 0 Å². The molecular formula is C9H10N2S. The molecule has 12 heavy (non-hydrogen) atoms. The standard InChI is InChI=1S/C9H10N2S/c1-7-6-12-9(11-7)8-4-2-3-5-10-8/h2-5,7H,6H2,1H3. The number of hydrogen-bond acceptors (Lipinski definition) is 3. The first-order valence-corrected chi connectivity index (χ1v) is 4.97. The van der Waals surface area contributed by atoms with Gasteiger partial charge in [0.15, 0.2) is 0 Å². The van der Waals surface area contributed by atoms with Crippen LogP contribution in [-0.2, 0) is 0 Å². The van der Waals surface area contributed by atoms with Crippen molar-refractivity contribution in [3.05, 3.63) is 30.1 Å². The largest absolute Gasteiger partial charge is 0.272 e. The molecule has 1 unspecified atom stereocenters. The van der Waals surface area contributed by atoms with Gasteiger partial charge >= 0.3 is 0 Å². The highest BCUT2D eigenvalue weighted by molar-refractivity contribution is 8.14. The Labute approximate surface area is 76.1 Å². The van der Waals surface area contributed by atoms with Crippen LogP contribution in [0, 0.1) is 0 Å². The third kappa shape index (κ3) is 1.50. The van der Waals surface area contributed by atoms with E-state index in [9.17, 15) is 0 Å². The summed E-state index contributed by atoms with van der Waals surface area (Å²) >= 11 is 1.79. The lowest BCUT2D eigenvalue weighted by Crippen LogP contribution is -1.95. The van der Waals surface area contributed by atoms with Crippen molar-refractivity contribution in [2.24, 2.45) is 4.99 Å². The summed E-state index contributed by atoms with van der Waals surface area (Å²) in [4.78, 5) is 8.72. The molecule has 0 N–H and O–H groups in total.